The molecule has 1 unspecified atom stereocenters. The highest BCUT2D eigenvalue weighted by atomic mass is 16.4. The Hall–Kier alpha value is -1.79. The van der Waals surface area contributed by atoms with E-state index < -0.39 is 5.97 Å². The van der Waals surface area contributed by atoms with Crippen molar-refractivity contribution in [1.29, 1.82) is 0 Å². The van der Waals surface area contributed by atoms with Crippen molar-refractivity contribution in [2.75, 3.05) is 13.1 Å². The van der Waals surface area contributed by atoms with Crippen molar-refractivity contribution in [3.63, 3.8) is 0 Å². The van der Waals surface area contributed by atoms with Crippen molar-refractivity contribution < 1.29 is 19.5 Å². The van der Waals surface area contributed by atoms with Crippen LogP contribution in [0, 0.1) is 11.8 Å². The molecule has 0 aliphatic carbocycles. The second-order valence-electron chi connectivity index (χ2n) is 6.00. The fraction of sp³-hybridized carbons (Fsp3) is 0.786. The van der Waals surface area contributed by atoms with Crippen LogP contribution in [-0.4, -0.2) is 47.0 Å². The van der Waals surface area contributed by atoms with Crippen LogP contribution in [0.3, 0.4) is 0 Å². The maximum atomic E-state index is 12.2. The number of carbonyl (C=O) groups excluding carboxylic acids is 2. The number of primary amides is 1. The van der Waals surface area contributed by atoms with E-state index >= 15 is 0 Å². The van der Waals surface area contributed by atoms with E-state index in [-0.39, 0.29) is 36.2 Å². The molecule has 1 saturated heterocycles. The second kappa shape index (κ2) is 7.85. The summed E-state index contributed by atoms with van der Waals surface area (Å²) in [6.07, 6.45) is 1.79. The van der Waals surface area contributed by atoms with Crippen LogP contribution < -0.4 is 11.1 Å². The molecule has 0 radical (unpaired) electrons. The first-order valence-electron chi connectivity index (χ1n) is 7.35. The molecular formula is C14H25N3O4. The smallest absolute Gasteiger partial charge is 0.317 e. The average molecular weight is 299 g/mol. The predicted molar refractivity (Wildman–Crippen MR) is 77.5 cm³/mol. The van der Waals surface area contributed by atoms with Crippen molar-refractivity contribution in [3.05, 3.63) is 0 Å². The van der Waals surface area contributed by atoms with Gasteiger partial charge < -0.3 is 21.1 Å². The number of nitrogens with zero attached hydrogens (tertiary/aromatic N) is 1. The molecule has 1 aliphatic heterocycles. The van der Waals surface area contributed by atoms with Crippen LogP contribution in [0.15, 0.2) is 0 Å². The van der Waals surface area contributed by atoms with Gasteiger partial charge in [-0.05, 0) is 24.7 Å². The predicted octanol–water partition coefficient (Wildman–Crippen LogP) is 0.783. The lowest BCUT2D eigenvalue weighted by Crippen LogP contribution is -2.50. The minimum absolute atomic E-state index is 0.0532. The van der Waals surface area contributed by atoms with Crippen LogP contribution >= 0.6 is 0 Å². The topological polar surface area (TPSA) is 113 Å². The third-order valence-corrected chi connectivity index (χ3v) is 3.90. The van der Waals surface area contributed by atoms with Crippen molar-refractivity contribution in [2.24, 2.45) is 17.6 Å². The number of amides is 3. The third-order valence-electron chi connectivity index (χ3n) is 3.90. The fourth-order valence-electron chi connectivity index (χ4n) is 2.52. The Bertz CT molecular complexity index is 390. The largest absolute Gasteiger partial charge is 0.481 e. The number of rotatable bonds is 6. The Labute approximate surface area is 124 Å². The lowest BCUT2D eigenvalue weighted by molar-refractivity contribution is -0.137. The number of nitrogens with one attached hydrogen (secondary N) is 1. The van der Waals surface area contributed by atoms with Gasteiger partial charge in [-0.3, -0.25) is 9.59 Å². The summed E-state index contributed by atoms with van der Waals surface area (Å²) in [5.74, 6) is -0.933. The molecule has 1 aliphatic rings. The molecule has 1 fully saturated rings. The molecule has 0 aromatic heterocycles. The van der Waals surface area contributed by atoms with Gasteiger partial charge in [-0.2, -0.15) is 0 Å². The van der Waals surface area contributed by atoms with Gasteiger partial charge >= 0.3 is 12.0 Å². The molecule has 7 nitrogen and oxygen atoms in total. The summed E-state index contributed by atoms with van der Waals surface area (Å²) in [4.78, 5) is 35.5. The molecule has 21 heavy (non-hydrogen) atoms. The van der Waals surface area contributed by atoms with Gasteiger partial charge in [0.15, 0.2) is 0 Å². The zero-order chi connectivity index (χ0) is 16.0. The number of aliphatic carboxylic acids is 1. The van der Waals surface area contributed by atoms with Crippen LogP contribution in [0.25, 0.3) is 0 Å². The number of carboxylic acids is 1. The van der Waals surface area contributed by atoms with Crippen molar-refractivity contribution in [2.45, 2.75) is 45.6 Å². The Morgan fingerprint density at radius 1 is 1.29 bits per heavy atom. The zero-order valence-electron chi connectivity index (χ0n) is 12.7. The second-order valence-corrected chi connectivity index (χ2v) is 6.00. The van der Waals surface area contributed by atoms with E-state index in [1.54, 1.807) is 4.90 Å². The van der Waals surface area contributed by atoms with E-state index in [4.69, 9.17) is 10.8 Å². The summed E-state index contributed by atoms with van der Waals surface area (Å²) in [7, 11) is 0. The normalized spacial score (nSPS) is 17.6. The highest BCUT2D eigenvalue weighted by Gasteiger charge is 2.26. The first-order chi connectivity index (χ1) is 9.79. The summed E-state index contributed by atoms with van der Waals surface area (Å²) >= 11 is 0. The minimum atomic E-state index is -0.922. The van der Waals surface area contributed by atoms with Gasteiger partial charge in [0.1, 0.15) is 0 Å². The minimum Gasteiger partial charge on any atom is -0.481 e. The van der Waals surface area contributed by atoms with Gasteiger partial charge in [-0.25, -0.2) is 4.79 Å². The Morgan fingerprint density at radius 2 is 1.86 bits per heavy atom. The average Bonchev–Trinajstić information content (AvgIpc) is 2.37. The number of nitrogens with two attached hydrogens (primary N) is 1. The van der Waals surface area contributed by atoms with Crippen molar-refractivity contribution >= 4 is 17.9 Å². The number of carbonyl (C=O) groups is 3. The molecule has 1 atom stereocenters. The summed E-state index contributed by atoms with van der Waals surface area (Å²) < 4.78 is 0. The molecule has 3 amide bonds. The van der Waals surface area contributed by atoms with Gasteiger partial charge in [0.2, 0.25) is 5.91 Å². The van der Waals surface area contributed by atoms with Crippen LogP contribution in [0.4, 0.5) is 4.79 Å². The SMILES string of the molecule is CC(C)C(CC(=O)O)NC(=O)N1CCC(CC(N)=O)CC1. The summed E-state index contributed by atoms with van der Waals surface area (Å²) in [6, 6.07) is -0.606. The maximum Gasteiger partial charge on any atom is 0.317 e. The monoisotopic (exact) mass is 299 g/mol. The molecule has 4 N–H and O–H groups in total. The number of hydrogen-bond acceptors (Lipinski definition) is 3. The molecular weight excluding hydrogens is 274 g/mol. The molecule has 0 aromatic rings. The van der Waals surface area contributed by atoms with Gasteiger partial charge in [0.05, 0.1) is 6.42 Å². The first-order valence-corrected chi connectivity index (χ1v) is 7.35. The number of likely N-dealkylation sites (tertiary alicyclic amines) is 1. The Balaban J connectivity index is 2.45. The van der Waals surface area contributed by atoms with Gasteiger partial charge in [-0.15, -0.1) is 0 Å². The van der Waals surface area contributed by atoms with E-state index in [0.717, 1.165) is 12.8 Å². The molecule has 0 saturated carbocycles. The number of piperidine rings is 1. The first kappa shape index (κ1) is 17.3. The summed E-state index contributed by atoms with van der Waals surface area (Å²) in [6.45, 7) is 4.91. The molecule has 7 heteroatoms. The molecule has 1 heterocycles. The van der Waals surface area contributed by atoms with Crippen LogP contribution in [0.5, 0.6) is 0 Å². The van der Waals surface area contributed by atoms with E-state index in [9.17, 15) is 14.4 Å². The lowest BCUT2D eigenvalue weighted by atomic mass is 9.93. The van der Waals surface area contributed by atoms with E-state index in [1.807, 2.05) is 13.8 Å². The molecule has 120 valence electrons. The van der Waals surface area contributed by atoms with Gasteiger partial charge in [0, 0.05) is 25.6 Å². The van der Waals surface area contributed by atoms with Gasteiger partial charge in [-0.1, -0.05) is 13.8 Å². The third kappa shape index (κ3) is 6.01. The van der Waals surface area contributed by atoms with Crippen LogP contribution in [0.2, 0.25) is 0 Å². The highest BCUT2D eigenvalue weighted by molar-refractivity contribution is 5.76. The fourth-order valence-corrected chi connectivity index (χ4v) is 2.52. The molecule has 1 rings (SSSR count). The summed E-state index contributed by atoms with van der Waals surface area (Å²) in [5, 5.41) is 11.7. The number of carboxylic acid groups (broad SMARTS) is 1. The van der Waals surface area contributed by atoms with Crippen molar-refractivity contribution in [1.82, 2.24) is 10.2 Å². The quantitative estimate of drug-likeness (QED) is 0.672. The molecule has 0 aromatic carbocycles. The number of hydrogen-bond donors (Lipinski definition) is 3. The standard InChI is InChI=1S/C14H25N3O4/c1-9(2)11(8-13(19)20)16-14(21)17-5-3-10(4-6-17)7-12(15)18/h9-11H,3-8H2,1-2H3,(H2,15,18)(H,16,21)(H,19,20). The Kier molecular flexibility index (Phi) is 6.45. The van der Waals surface area contributed by atoms with Crippen LogP contribution in [-0.2, 0) is 9.59 Å². The van der Waals surface area contributed by atoms with Gasteiger partial charge in [0.25, 0.3) is 0 Å². The van der Waals surface area contributed by atoms with E-state index in [1.165, 1.54) is 0 Å². The molecule has 0 spiro atoms. The van der Waals surface area contributed by atoms with E-state index in [0.29, 0.717) is 19.5 Å². The lowest BCUT2D eigenvalue weighted by Gasteiger charge is -2.33. The van der Waals surface area contributed by atoms with Crippen LogP contribution in [0.1, 0.15) is 39.5 Å². The summed E-state index contributed by atoms with van der Waals surface area (Å²) in [5.41, 5.74) is 5.18. The Morgan fingerprint density at radius 3 is 2.29 bits per heavy atom. The molecule has 0 bridgehead atoms. The zero-order valence-corrected chi connectivity index (χ0v) is 12.7. The van der Waals surface area contributed by atoms with Crippen molar-refractivity contribution in [3.8, 4) is 0 Å². The van der Waals surface area contributed by atoms with E-state index in [2.05, 4.69) is 5.32 Å². The maximum absolute atomic E-state index is 12.2. The highest BCUT2D eigenvalue weighted by Crippen LogP contribution is 2.20. The number of urea groups is 1.